The number of amides is 1. The van der Waals surface area contributed by atoms with Crippen molar-refractivity contribution in [2.24, 2.45) is 0 Å². The third-order valence-electron chi connectivity index (χ3n) is 4.54. The van der Waals surface area contributed by atoms with Crippen LogP contribution < -0.4 is 4.90 Å². The monoisotopic (exact) mass is 403 g/mol. The quantitative estimate of drug-likeness (QED) is 0.729. The molecule has 3 rings (SSSR count). The summed E-state index contributed by atoms with van der Waals surface area (Å²) in [5, 5.41) is 0.543. The highest BCUT2D eigenvalue weighted by Crippen LogP contribution is 2.32. The lowest BCUT2D eigenvalue weighted by Crippen LogP contribution is -2.50. The molecule has 0 spiro atoms. The van der Waals surface area contributed by atoms with Crippen molar-refractivity contribution < 1.29 is 23.5 Å². The predicted molar refractivity (Wildman–Crippen MR) is 108 cm³/mol. The number of hydrogen-bond donors (Lipinski definition) is 0. The van der Waals surface area contributed by atoms with Crippen molar-refractivity contribution in [3.05, 3.63) is 35.8 Å². The lowest BCUT2D eigenvalue weighted by Gasteiger charge is -2.37. The molecular weight excluding hydrogens is 377 g/mol. The second kappa shape index (κ2) is 8.23. The number of pyridine rings is 1. The molecule has 8 heteroatoms. The number of nitrogens with zero attached hydrogens (tertiary/aromatic N) is 3. The van der Waals surface area contributed by atoms with Crippen LogP contribution in [0, 0.1) is 5.82 Å². The zero-order chi connectivity index (χ0) is 21.2. The number of rotatable bonds is 3. The SMILES string of the molecule is CCOC(=O)c1cnc2ccc(F)cc2c1N1CCN(C(=O)OC(C)(C)C)CC1. The van der Waals surface area contributed by atoms with Gasteiger partial charge < -0.3 is 19.3 Å². The minimum Gasteiger partial charge on any atom is -0.462 e. The Morgan fingerprint density at radius 3 is 2.48 bits per heavy atom. The number of hydrogen-bond acceptors (Lipinski definition) is 6. The van der Waals surface area contributed by atoms with Gasteiger partial charge in [0.2, 0.25) is 0 Å². The number of fused-ring (bicyclic) bond motifs is 1. The van der Waals surface area contributed by atoms with Gasteiger partial charge in [0.05, 0.1) is 17.8 Å². The van der Waals surface area contributed by atoms with E-state index in [4.69, 9.17) is 9.47 Å². The fourth-order valence-electron chi connectivity index (χ4n) is 3.29. The molecule has 1 saturated heterocycles. The highest BCUT2D eigenvalue weighted by molar-refractivity contribution is 6.05. The summed E-state index contributed by atoms with van der Waals surface area (Å²) in [6, 6.07) is 4.30. The van der Waals surface area contributed by atoms with Crippen molar-refractivity contribution >= 4 is 28.7 Å². The van der Waals surface area contributed by atoms with Crippen molar-refractivity contribution in [3.8, 4) is 0 Å². The number of ether oxygens (including phenoxy) is 2. The van der Waals surface area contributed by atoms with Crippen LogP contribution in [0.25, 0.3) is 10.9 Å². The maximum atomic E-state index is 14.0. The molecule has 2 aromatic rings. The number of aromatic nitrogens is 1. The van der Waals surface area contributed by atoms with E-state index in [0.29, 0.717) is 42.8 Å². The smallest absolute Gasteiger partial charge is 0.410 e. The summed E-state index contributed by atoms with van der Waals surface area (Å²) in [5.74, 6) is -0.912. The largest absolute Gasteiger partial charge is 0.462 e. The van der Waals surface area contributed by atoms with Gasteiger partial charge >= 0.3 is 12.1 Å². The molecule has 0 radical (unpaired) electrons. The Morgan fingerprint density at radius 2 is 1.86 bits per heavy atom. The number of anilines is 1. The first-order valence-electron chi connectivity index (χ1n) is 9.68. The highest BCUT2D eigenvalue weighted by atomic mass is 19.1. The maximum Gasteiger partial charge on any atom is 0.410 e. The van der Waals surface area contributed by atoms with Gasteiger partial charge in [-0.2, -0.15) is 0 Å². The van der Waals surface area contributed by atoms with E-state index in [9.17, 15) is 14.0 Å². The number of halogens is 1. The number of benzene rings is 1. The second-order valence-electron chi connectivity index (χ2n) is 7.86. The molecule has 7 nitrogen and oxygen atoms in total. The van der Waals surface area contributed by atoms with Crippen LogP contribution in [0.1, 0.15) is 38.1 Å². The lowest BCUT2D eigenvalue weighted by atomic mass is 10.1. The van der Waals surface area contributed by atoms with Crippen LogP contribution in [0.15, 0.2) is 24.4 Å². The molecule has 1 aromatic heterocycles. The summed E-state index contributed by atoms with van der Waals surface area (Å²) in [7, 11) is 0. The Labute approximate surface area is 169 Å². The molecule has 2 heterocycles. The molecule has 1 aromatic carbocycles. The van der Waals surface area contributed by atoms with Gasteiger partial charge in [0.15, 0.2) is 0 Å². The van der Waals surface area contributed by atoms with Gasteiger partial charge in [-0.05, 0) is 45.9 Å². The number of carbonyl (C=O) groups is 2. The molecule has 1 fully saturated rings. The molecule has 0 unspecified atom stereocenters. The van der Waals surface area contributed by atoms with Crippen molar-refractivity contribution in [1.82, 2.24) is 9.88 Å². The Hall–Kier alpha value is -2.90. The Morgan fingerprint density at radius 1 is 1.17 bits per heavy atom. The van der Waals surface area contributed by atoms with Gasteiger partial charge in [-0.1, -0.05) is 0 Å². The third-order valence-corrected chi connectivity index (χ3v) is 4.54. The standard InChI is InChI=1S/C21H26FN3O4/c1-5-28-19(26)16-13-23-17-7-6-14(22)12-15(17)18(16)24-8-10-25(11-9-24)20(27)29-21(2,3)4/h6-7,12-13H,5,8-11H2,1-4H3. The molecule has 0 atom stereocenters. The van der Waals surface area contributed by atoms with E-state index in [1.165, 1.54) is 18.3 Å². The molecule has 29 heavy (non-hydrogen) atoms. The fourth-order valence-corrected chi connectivity index (χ4v) is 3.29. The van der Waals surface area contributed by atoms with E-state index in [1.807, 2.05) is 25.7 Å². The average molecular weight is 403 g/mol. The van der Waals surface area contributed by atoms with Crippen LogP contribution in [0.2, 0.25) is 0 Å². The van der Waals surface area contributed by atoms with Gasteiger partial charge in [-0.3, -0.25) is 4.98 Å². The fraction of sp³-hybridized carbons (Fsp3) is 0.476. The first-order chi connectivity index (χ1) is 13.7. The van der Waals surface area contributed by atoms with Crippen molar-refractivity contribution in [2.75, 3.05) is 37.7 Å². The second-order valence-corrected chi connectivity index (χ2v) is 7.86. The molecule has 1 aliphatic rings. The van der Waals surface area contributed by atoms with Crippen LogP contribution in [-0.4, -0.2) is 60.3 Å². The van der Waals surface area contributed by atoms with E-state index in [-0.39, 0.29) is 18.3 Å². The highest BCUT2D eigenvalue weighted by Gasteiger charge is 2.29. The van der Waals surface area contributed by atoms with Gasteiger partial charge in [-0.15, -0.1) is 0 Å². The van der Waals surface area contributed by atoms with Gasteiger partial charge in [0.1, 0.15) is 17.0 Å². The van der Waals surface area contributed by atoms with Crippen LogP contribution in [0.5, 0.6) is 0 Å². The zero-order valence-corrected chi connectivity index (χ0v) is 17.2. The average Bonchev–Trinajstić information content (AvgIpc) is 2.66. The van der Waals surface area contributed by atoms with Crippen molar-refractivity contribution in [3.63, 3.8) is 0 Å². The zero-order valence-electron chi connectivity index (χ0n) is 17.2. The summed E-state index contributed by atoms with van der Waals surface area (Å²) in [4.78, 5) is 32.7. The summed E-state index contributed by atoms with van der Waals surface area (Å²) < 4.78 is 24.6. The third kappa shape index (κ3) is 4.75. The Balaban J connectivity index is 1.91. The Kier molecular flexibility index (Phi) is 5.91. The minimum atomic E-state index is -0.565. The van der Waals surface area contributed by atoms with Crippen LogP contribution in [0.4, 0.5) is 14.9 Å². The number of esters is 1. The van der Waals surface area contributed by atoms with Gasteiger partial charge in [0.25, 0.3) is 0 Å². The maximum absolute atomic E-state index is 14.0. The van der Waals surface area contributed by atoms with Crippen molar-refractivity contribution in [1.29, 1.82) is 0 Å². The summed E-state index contributed by atoms with van der Waals surface area (Å²) in [6.07, 6.45) is 1.10. The molecule has 0 saturated carbocycles. The first-order valence-corrected chi connectivity index (χ1v) is 9.68. The van der Waals surface area contributed by atoms with Gasteiger partial charge in [0, 0.05) is 37.8 Å². The van der Waals surface area contributed by atoms with Crippen molar-refractivity contribution in [2.45, 2.75) is 33.3 Å². The number of piperazine rings is 1. The molecule has 0 aliphatic carbocycles. The number of carbonyl (C=O) groups excluding carboxylic acids is 2. The topological polar surface area (TPSA) is 72.0 Å². The van der Waals surface area contributed by atoms with E-state index in [1.54, 1.807) is 17.9 Å². The molecule has 0 bridgehead atoms. The molecule has 156 valence electrons. The minimum absolute atomic E-state index is 0.228. The Bertz CT molecular complexity index is 918. The molecule has 0 N–H and O–H groups in total. The van der Waals surface area contributed by atoms with E-state index in [0.717, 1.165) is 0 Å². The summed E-state index contributed by atoms with van der Waals surface area (Å²) >= 11 is 0. The van der Waals surface area contributed by atoms with Gasteiger partial charge in [-0.25, -0.2) is 14.0 Å². The lowest BCUT2D eigenvalue weighted by molar-refractivity contribution is 0.0239. The first kappa shape index (κ1) is 20.8. The van der Waals surface area contributed by atoms with Crippen LogP contribution in [0.3, 0.4) is 0 Å². The molecular formula is C21H26FN3O4. The predicted octanol–water partition coefficient (Wildman–Crippen LogP) is 3.61. The van der Waals surface area contributed by atoms with E-state index in [2.05, 4.69) is 4.98 Å². The normalized spacial score (nSPS) is 14.8. The van der Waals surface area contributed by atoms with Crippen LogP contribution >= 0.6 is 0 Å². The van der Waals surface area contributed by atoms with E-state index >= 15 is 0 Å². The summed E-state index contributed by atoms with van der Waals surface area (Å²) in [6.45, 7) is 9.23. The summed E-state index contributed by atoms with van der Waals surface area (Å²) in [5.41, 5.74) is 0.890. The molecule has 1 aliphatic heterocycles. The molecule has 1 amide bonds. The van der Waals surface area contributed by atoms with Crippen LogP contribution in [-0.2, 0) is 9.47 Å². The van der Waals surface area contributed by atoms with E-state index < -0.39 is 17.4 Å².